The smallest absolute Gasteiger partial charge is 0.284 e. The van der Waals surface area contributed by atoms with Gasteiger partial charge in [-0.2, -0.15) is 0 Å². The maximum atomic E-state index is 13.5. The minimum Gasteiger partial charge on any atom is -0.378 e. The van der Waals surface area contributed by atoms with Crippen LogP contribution in [0, 0.1) is 0 Å². The van der Waals surface area contributed by atoms with Crippen LogP contribution < -0.4 is 9.80 Å². The molecule has 0 atom stereocenters. The first-order valence-corrected chi connectivity index (χ1v) is 11.7. The quantitative estimate of drug-likeness (QED) is 0.305. The number of carbonyl (C=O) groups excluding carboxylic acids is 1. The molecule has 0 N–H and O–H groups in total. The van der Waals surface area contributed by atoms with Crippen LogP contribution in [0.4, 0.5) is 10.8 Å². The van der Waals surface area contributed by atoms with Gasteiger partial charge in [0, 0.05) is 30.4 Å². The Morgan fingerprint density at radius 2 is 1.73 bits per heavy atom. The van der Waals surface area contributed by atoms with E-state index in [0.29, 0.717) is 32.2 Å². The van der Waals surface area contributed by atoms with Crippen LogP contribution in [0.15, 0.2) is 77.4 Å². The predicted octanol–water partition coefficient (Wildman–Crippen LogP) is 6.50. The van der Waals surface area contributed by atoms with E-state index >= 15 is 0 Å². The number of halogens is 2. The molecule has 0 fully saturated rings. The normalized spacial score (nSPS) is 14.9. The molecule has 1 aliphatic rings. The summed E-state index contributed by atoms with van der Waals surface area (Å²) in [5.41, 5.74) is 3.74. The molecule has 0 bridgehead atoms. The van der Waals surface area contributed by atoms with Gasteiger partial charge in [0.1, 0.15) is 17.0 Å². The summed E-state index contributed by atoms with van der Waals surface area (Å²) in [6.07, 6.45) is 1.79. The molecule has 33 heavy (non-hydrogen) atoms. The largest absolute Gasteiger partial charge is 0.378 e. The van der Waals surface area contributed by atoms with Crippen LogP contribution in [-0.4, -0.2) is 30.8 Å². The summed E-state index contributed by atoms with van der Waals surface area (Å²) < 4.78 is 0.805. The fourth-order valence-corrected chi connectivity index (χ4v) is 5.23. The van der Waals surface area contributed by atoms with Crippen molar-refractivity contribution >= 4 is 73.4 Å². The van der Waals surface area contributed by atoms with Crippen molar-refractivity contribution < 1.29 is 4.79 Å². The van der Waals surface area contributed by atoms with Gasteiger partial charge < -0.3 is 4.90 Å². The van der Waals surface area contributed by atoms with Gasteiger partial charge in [0.15, 0.2) is 5.13 Å². The summed E-state index contributed by atoms with van der Waals surface area (Å²) >= 11 is 13.9. The third kappa shape index (κ3) is 4.13. The van der Waals surface area contributed by atoms with Gasteiger partial charge in [-0.25, -0.2) is 14.9 Å². The van der Waals surface area contributed by atoms with Crippen molar-refractivity contribution in [3.63, 3.8) is 0 Å². The highest BCUT2D eigenvalue weighted by molar-refractivity contribution is 7.22. The fourth-order valence-electron chi connectivity index (χ4n) is 3.54. The molecular weight excluding hydrogens is 475 g/mol. The summed E-state index contributed by atoms with van der Waals surface area (Å²) in [5.74, 6) is 0.282. The van der Waals surface area contributed by atoms with Gasteiger partial charge in [-0.3, -0.25) is 4.79 Å². The average molecular weight is 493 g/mol. The van der Waals surface area contributed by atoms with Crippen LogP contribution in [-0.2, 0) is 4.79 Å². The van der Waals surface area contributed by atoms with E-state index in [1.54, 1.807) is 23.1 Å². The monoisotopic (exact) mass is 492 g/mol. The van der Waals surface area contributed by atoms with E-state index in [1.807, 2.05) is 73.6 Å². The topological polar surface area (TPSA) is 48.8 Å². The minimum absolute atomic E-state index is 0.244. The lowest BCUT2D eigenvalue weighted by molar-refractivity contribution is -0.113. The molecular formula is C25H18Cl2N4OS. The molecule has 164 valence electrons. The average Bonchev–Trinajstić information content (AvgIpc) is 3.36. The van der Waals surface area contributed by atoms with Gasteiger partial charge in [-0.1, -0.05) is 77.0 Å². The van der Waals surface area contributed by atoms with Crippen LogP contribution in [0.5, 0.6) is 0 Å². The maximum absolute atomic E-state index is 13.5. The standard InChI is InChI=1S/C25H18Cl2N4OS/c1-30(2)18-10-8-15(9-11-18)12-20-24(32)31(23(28-20)16-6-4-3-5-7-16)25-29-22-19(27)13-17(26)14-21(22)33-25/h3-14H,1-2H3/b20-12-. The lowest BCUT2D eigenvalue weighted by atomic mass is 10.1. The van der Waals surface area contributed by atoms with E-state index in [0.717, 1.165) is 21.5 Å². The van der Waals surface area contributed by atoms with Gasteiger partial charge in [-0.15, -0.1) is 0 Å². The number of amides is 1. The van der Waals surface area contributed by atoms with Crippen molar-refractivity contribution in [3.8, 4) is 0 Å². The Morgan fingerprint density at radius 3 is 2.42 bits per heavy atom. The molecule has 0 spiro atoms. The number of fused-ring (bicyclic) bond motifs is 1. The van der Waals surface area contributed by atoms with Crippen molar-refractivity contribution in [1.82, 2.24) is 4.98 Å². The van der Waals surface area contributed by atoms with Crippen LogP contribution >= 0.6 is 34.5 Å². The molecule has 3 aromatic carbocycles. The van der Waals surface area contributed by atoms with Gasteiger partial charge in [0.2, 0.25) is 0 Å². The number of rotatable bonds is 4. The van der Waals surface area contributed by atoms with Crippen molar-refractivity contribution in [2.45, 2.75) is 0 Å². The summed E-state index contributed by atoms with van der Waals surface area (Å²) in [6.45, 7) is 0. The van der Waals surface area contributed by atoms with Crippen molar-refractivity contribution in [2.75, 3.05) is 23.9 Å². The van der Waals surface area contributed by atoms with Crippen LogP contribution in [0.2, 0.25) is 10.0 Å². The lowest BCUT2D eigenvalue weighted by Crippen LogP contribution is -2.32. The predicted molar refractivity (Wildman–Crippen MR) is 139 cm³/mol. The van der Waals surface area contributed by atoms with E-state index in [4.69, 9.17) is 28.2 Å². The molecule has 1 aliphatic heterocycles. The molecule has 0 saturated carbocycles. The molecule has 8 heteroatoms. The number of hydrogen-bond donors (Lipinski definition) is 0. The molecule has 0 unspecified atom stereocenters. The van der Waals surface area contributed by atoms with Gasteiger partial charge in [0.05, 0.1) is 9.72 Å². The number of nitrogens with zero attached hydrogens (tertiary/aromatic N) is 4. The van der Waals surface area contributed by atoms with Crippen LogP contribution in [0.1, 0.15) is 11.1 Å². The van der Waals surface area contributed by atoms with E-state index in [-0.39, 0.29) is 5.91 Å². The number of aliphatic imine (C=N–C) groups is 1. The number of thiazole rings is 1. The fraction of sp³-hybridized carbons (Fsp3) is 0.0800. The molecule has 2 heterocycles. The zero-order chi connectivity index (χ0) is 23.1. The van der Waals surface area contributed by atoms with Gasteiger partial charge in [0.25, 0.3) is 5.91 Å². The molecule has 5 rings (SSSR count). The highest BCUT2D eigenvalue weighted by atomic mass is 35.5. The highest BCUT2D eigenvalue weighted by Gasteiger charge is 2.34. The Hall–Kier alpha value is -3.19. The van der Waals surface area contributed by atoms with Crippen molar-refractivity contribution in [1.29, 1.82) is 0 Å². The molecule has 0 saturated heterocycles. The number of carbonyl (C=O) groups is 1. The van der Waals surface area contributed by atoms with Crippen molar-refractivity contribution in [2.24, 2.45) is 4.99 Å². The zero-order valence-corrected chi connectivity index (χ0v) is 20.1. The molecule has 0 aliphatic carbocycles. The third-order valence-electron chi connectivity index (χ3n) is 5.20. The first kappa shape index (κ1) is 21.6. The van der Waals surface area contributed by atoms with E-state index in [9.17, 15) is 4.79 Å². The molecule has 5 nitrogen and oxygen atoms in total. The molecule has 1 amide bonds. The molecule has 4 aromatic rings. The maximum Gasteiger partial charge on any atom is 0.284 e. The zero-order valence-electron chi connectivity index (χ0n) is 17.8. The number of aromatic nitrogens is 1. The first-order valence-electron chi connectivity index (χ1n) is 10.1. The Morgan fingerprint density at radius 1 is 1.00 bits per heavy atom. The summed E-state index contributed by atoms with van der Waals surface area (Å²) in [7, 11) is 3.97. The second-order valence-electron chi connectivity index (χ2n) is 7.69. The van der Waals surface area contributed by atoms with Crippen LogP contribution in [0.25, 0.3) is 16.3 Å². The molecule has 0 radical (unpaired) electrons. The summed E-state index contributed by atoms with van der Waals surface area (Å²) in [6, 6.07) is 21.0. The summed E-state index contributed by atoms with van der Waals surface area (Å²) in [4.78, 5) is 26.5. The van der Waals surface area contributed by atoms with Gasteiger partial charge >= 0.3 is 0 Å². The number of hydrogen-bond acceptors (Lipinski definition) is 5. The SMILES string of the molecule is CN(C)c1ccc(/C=C2\N=C(c3ccccc3)N(c3nc4c(Cl)cc(Cl)cc4s3)C2=O)cc1. The Bertz CT molecular complexity index is 1430. The Labute approximate surface area is 205 Å². The summed E-state index contributed by atoms with van der Waals surface area (Å²) in [5, 5.41) is 1.46. The van der Waals surface area contributed by atoms with Gasteiger partial charge in [-0.05, 0) is 35.9 Å². The Balaban J connectivity index is 1.61. The third-order valence-corrected chi connectivity index (χ3v) is 6.69. The Kier molecular flexibility index (Phi) is 5.66. The first-order chi connectivity index (χ1) is 15.9. The number of anilines is 2. The number of amidine groups is 1. The highest BCUT2D eigenvalue weighted by Crippen LogP contribution is 2.38. The number of benzene rings is 3. The second-order valence-corrected chi connectivity index (χ2v) is 9.54. The molecule has 1 aromatic heterocycles. The second kappa shape index (κ2) is 8.63. The van der Waals surface area contributed by atoms with E-state index in [1.165, 1.54) is 11.3 Å². The minimum atomic E-state index is -0.244. The van der Waals surface area contributed by atoms with E-state index < -0.39 is 0 Å². The lowest BCUT2D eigenvalue weighted by Gasteiger charge is -2.14. The van der Waals surface area contributed by atoms with Crippen LogP contribution in [0.3, 0.4) is 0 Å². The van der Waals surface area contributed by atoms with Crippen molar-refractivity contribution in [3.05, 3.63) is 93.6 Å². The van der Waals surface area contributed by atoms with E-state index in [2.05, 4.69) is 4.98 Å².